The average Bonchev–Trinajstić information content (AvgIpc) is 2.93. The van der Waals surface area contributed by atoms with Crippen LogP contribution < -0.4 is 5.73 Å². The summed E-state index contributed by atoms with van der Waals surface area (Å²) in [6, 6.07) is 5.87. The third kappa shape index (κ3) is 2.22. The Hall–Kier alpha value is -1.75. The van der Waals surface area contributed by atoms with Gasteiger partial charge in [-0.1, -0.05) is 24.1 Å². The molecule has 1 fully saturated rings. The summed E-state index contributed by atoms with van der Waals surface area (Å²) >= 11 is 0. The van der Waals surface area contributed by atoms with Crippen LogP contribution in [0.2, 0.25) is 0 Å². The van der Waals surface area contributed by atoms with E-state index in [1.54, 1.807) is 0 Å². The van der Waals surface area contributed by atoms with E-state index in [2.05, 4.69) is 22.0 Å². The van der Waals surface area contributed by atoms with Crippen molar-refractivity contribution >= 4 is 0 Å². The molecule has 5 nitrogen and oxygen atoms in total. The van der Waals surface area contributed by atoms with Gasteiger partial charge in [0.1, 0.15) is 5.69 Å². The van der Waals surface area contributed by atoms with Crippen molar-refractivity contribution in [1.29, 1.82) is 0 Å². The number of rotatable bonds is 2. The molecule has 106 valence electrons. The molecule has 2 atom stereocenters. The van der Waals surface area contributed by atoms with E-state index in [0.29, 0.717) is 11.7 Å². The topological polar surface area (TPSA) is 77.8 Å². The molecule has 0 radical (unpaired) electrons. The molecule has 0 aromatic carbocycles. The van der Waals surface area contributed by atoms with Crippen LogP contribution in [0.15, 0.2) is 22.7 Å². The van der Waals surface area contributed by atoms with E-state index in [0.717, 1.165) is 30.7 Å². The maximum Gasteiger partial charge on any atom is 0.234 e. The summed E-state index contributed by atoms with van der Waals surface area (Å²) in [5.41, 5.74) is 7.74. The van der Waals surface area contributed by atoms with E-state index in [9.17, 15) is 0 Å². The normalized spacial score (nSPS) is 26.6. The zero-order chi connectivity index (χ0) is 14.2. The van der Waals surface area contributed by atoms with Crippen molar-refractivity contribution in [2.45, 2.75) is 51.0 Å². The lowest BCUT2D eigenvalue weighted by atomic mass is 9.72. The van der Waals surface area contributed by atoms with Gasteiger partial charge in [-0.15, -0.1) is 0 Å². The van der Waals surface area contributed by atoms with E-state index < -0.39 is 0 Å². The molecule has 0 saturated heterocycles. The quantitative estimate of drug-likeness (QED) is 0.909. The molecule has 2 aromatic rings. The lowest BCUT2D eigenvalue weighted by Gasteiger charge is -2.35. The van der Waals surface area contributed by atoms with Crippen molar-refractivity contribution in [2.24, 2.45) is 5.73 Å². The summed E-state index contributed by atoms with van der Waals surface area (Å²) in [4.78, 5) is 8.97. The van der Waals surface area contributed by atoms with Crippen LogP contribution in [0, 0.1) is 6.92 Å². The first kappa shape index (κ1) is 13.2. The Morgan fingerprint density at radius 3 is 2.90 bits per heavy atom. The fourth-order valence-electron chi connectivity index (χ4n) is 2.85. The van der Waals surface area contributed by atoms with Crippen molar-refractivity contribution in [1.82, 2.24) is 15.1 Å². The van der Waals surface area contributed by atoms with Crippen molar-refractivity contribution < 1.29 is 4.52 Å². The summed E-state index contributed by atoms with van der Waals surface area (Å²) in [5, 5.41) is 4.08. The Kier molecular flexibility index (Phi) is 3.30. The second-order valence-corrected chi connectivity index (χ2v) is 5.86. The lowest BCUT2D eigenvalue weighted by molar-refractivity contribution is 0.203. The summed E-state index contributed by atoms with van der Waals surface area (Å²) in [5.74, 6) is 1.19. The minimum Gasteiger partial charge on any atom is -0.338 e. The van der Waals surface area contributed by atoms with Gasteiger partial charge in [-0.2, -0.15) is 4.98 Å². The molecule has 2 heterocycles. The molecule has 2 unspecified atom stereocenters. The second-order valence-electron chi connectivity index (χ2n) is 5.86. The molecule has 2 aromatic heterocycles. The Labute approximate surface area is 118 Å². The average molecular weight is 272 g/mol. The zero-order valence-electron chi connectivity index (χ0n) is 12.0. The van der Waals surface area contributed by atoms with Crippen LogP contribution in [-0.2, 0) is 5.41 Å². The molecule has 1 saturated carbocycles. The number of hydrogen-bond acceptors (Lipinski definition) is 5. The summed E-state index contributed by atoms with van der Waals surface area (Å²) in [6.07, 6.45) is 4.34. The molecule has 5 heteroatoms. The monoisotopic (exact) mass is 272 g/mol. The molecule has 0 spiro atoms. The third-order valence-corrected chi connectivity index (χ3v) is 4.31. The van der Waals surface area contributed by atoms with Gasteiger partial charge in [-0.05, 0) is 38.8 Å². The Balaban J connectivity index is 1.94. The Bertz CT molecular complexity index is 609. The summed E-state index contributed by atoms with van der Waals surface area (Å²) < 4.78 is 5.49. The maximum atomic E-state index is 6.27. The van der Waals surface area contributed by atoms with E-state index in [1.807, 2.05) is 25.1 Å². The van der Waals surface area contributed by atoms with Gasteiger partial charge in [0.05, 0.1) is 5.41 Å². The maximum absolute atomic E-state index is 6.27. The van der Waals surface area contributed by atoms with Crippen molar-refractivity contribution in [3.05, 3.63) is 29.8 Å². The first-order valence-corrected chi connectivity index (χ1v) is 7.13. The largest absolute Gasteiger partial charge is 0.338 e. The van der Waals surface area contributed by atoms with E-state index in [4.69, 9.17) is 10.3 Å². The molecule has 20 heavy (non-hydrogen) atoms. The number of aryl methyl sites for hydroxylation is 1. The molecular formula is C15H20N4O. The molecule has 1 aliphatic rings. The minimum absolute atomic E-state index is 0.0787. The third-order valence-electron chi connectivity index (χ3n) is 4.31. The first-order valence-electron chi connectivity index (χ1n) is 7.13. The SMILES string of the molecule is Cc1cccc(-c2noc(C3(C)CCCCC3N)n2)n1. The first-order chi connectivity index (χ1) is 9.59. The van der Waals surface area contributed by atoms with Crippen LogP contribution in [0.5, 0.6) is 0 Å². The molecule has 1 aliphatic carbocycles. The van der Waals surface area contributed by atoms with Crippen molar-refractivity contribution in [3.8, 4) is 11.5 Å². The van der Waals surface area contributed by atoms with Gasteiger partial charge in [-0.25, -0.2) is 4.98 Å². The molecular weight excluding hydrogens is 252 g/mol. The molecule has 0 amide bonds. The van der Waals surface area contributed by atoms with Gasteiger partial charge in [-0.3, -0.25) is 0 Å². The molecule has 2 N–H and O–H groups in total. The van der Waals surface area contributed by atoms with Crippen molar-refractivity contribution in [2.75, 3.05) is 0 Å². The highest BCUT2D eigenvalue weighted by Gasteiger charge is 2.40. The predicted molar refractivity (Wildman–Crippen MR) is 76.1 cm³/mol. The number of aromatic nitrogens is 3. The number of pyridine rings is 1. The number of nitrogens with zero attached hydrogens (tertiary/aromatic N) is 3. The fourth-order valence-corrected chi connectivity index (χ4v) is 2.85. The van der Waals surface area contributed by atoms with Crippen LogP contribution >= 0.6 is 0 Å². The van der Waals surface area contributed by atoms with E-state index in [-0.39, 0.29) is 11.5 Å². The van der Waals surface area contributed by atoms with E-state index >= 15 is 0 Å². The van der Waals surface area contributed by atoms with Gasteiger partial charge >= 0.3 is 0 Å². The standard InChI is InChI=1S/C15H20N4O/c1-10-6-5-7-11(17-10)13-18-14(20-19-13)15(2)9-4-3-8-12(15)16/h5-7,12H,3-4,8-9,16H2,1-2H3. The van der Waals surface area contributed by atoms with Gasteiger partial charge in [0.2, 0.25) is 11.7 Å². The van der Waals surface area contributed by atoms with E-state index in [1.165, 1.54) is 6.42 Å². The van der Waals surface area contributed by atoms with Gasteiger partial charge in [0.25, 0.3) is 0 Å². The zero-order valence-corrected chi connectivity index (χ0v) is 12.0. The molecule has 0 bridgehead atoms. The predicted octanol–water partition coefficient (Wildman–Crippen LogP) is 2.60. The van der Waals surface area contributed by atoms with Crippen LogP contribution in [0.25, 0.3) is 11.5 Å². The van der Waals surface area contributed by atoms with Crippen LogP contribution in [0.4, 0.5) is 0 Å². The fraction of sp³-hybridized carbons (Fsp3) is 0.533. The molecule has 3 rings (SSSR count). The van der Waals surface area contributed by atoms with Gasteiger partial charge in [0, 0.05) is 11.7 Å². The highest BCUT2D eigenvalue weighted by molar-refractivity contribution is 5.48. The van der Waals surface area contributed by atoms with Gasteiger partial charge in [0.15, 0.2) is 0 Å². The Morgan fingerprint density at radius 2 is 2.15 bits per heavy atom. The van der Waals surface area contributed by atoms with Crippen LogP contribution in [0.3, 0.4) is 0 Å². The smallest absolute Gasteiger partial charge is 0.234 e. The number of nitrogens with two attached hydrogens (primary N) is 1. The molecule has 0 aliphatic heterocycles. The highest BCUT2D eigenvalue weighted by Crippen LogP contribution is 2.37. The minimum atomic E-state index is -0.215. The summed E-state index contributed by atoms with van der Waals surface area (Å²) in [7, 11) is 0. The number of hydrogen-bond donors (Lipinski definition) is 1. The van der Waals surface area contributed by atoms with Crippen LogP contribution in [0.1, 0.15) is 44.2 Å². The second kappa shape index (κ2) is 4.98. The highest BCUT2D eigenvalue weighted by atomic mass is 16.5. The lowest BCUT2D eigenvalue weighted by Crippen LogP contribution is -2.45. The Morgan fingerprint density at radius 1 is 1.30 bits per heavy atom. The van der Waals surface area contributed by atoms with Gasteiger partial charge < -0.3 is 10.3 Å². The summed E-state index contributed by atoms with van der Waals surface area (Å²) in [6.45, 7) is 4.07. The van der Waals surface area contributed by atoms with Crippen molar-refractivity contribution in [3.63, 3.8) is 0 Å². The van der Waals surface area contributed by atoms with Crippen LogP contribution in [-0.4, -0.2) is 21.2 Å².